The number of aromatic nitrogens is 1. The zero-order valence-electron chi connectivity index (χ0n) is 15.4. The molecule has 0 radical (unpaired) electrons. The molecule has 3 aromatic rings. The number of benzene rings is 2. The Morgan fingerprint density at radius 3 is 2.57 bits per heavy atom. The number of rotatable bonds is 5. The fourth-order valence-corrected chi connectivity index (χ4v) is 3.36. The summed E-state index contributed by atoms with van der Waals surface area (Å²) in [4.78, 5) is 14.4. The molecular weight excluding hydrogens is 355 g/mol. The van der Waals surface area contributed by atoms with Crippen molar-refractivity contribution in [2.45, 2.75) is 12.8 Å². The van der Waals surface area contributed by atoms with Crippen molar-refractivity contribution in [3.05, 3.63) is 83.9 Å². The van der Waals surface area contributed by atoms with Crippen molar-refractivity contribution in [2.75, 3.05) is 18.0 Å². The molecule has 4 rings (SSSR count). The van der Waals surface area contributed by atoms with E-state index in [0.717, 1.165) is 31.6 Å². The van der Waals surface area contributed by atoms with E-state index in [2.05, 4.69) is 15.4 Å². The number of nitrogens with one attached hydrogen (secondary N) is 1. The van der Waals surface area contributed by atoms with E-state index in [1.807, 2.05) is 41.2 Å². The third kappa shape index (κ3) is 3.96. The van der Waals surface area contributed by atoms with Gasteiger partial charge in [-0.2, -0.15) is 5.10 Å². The second-order valence-corrected chi connectivity index (χ2v) is 6.74. The lowest BCUT2D eigenvalue weighted by molar-refractivity contribution is 0.0955. The van der Waals surface area contributed by atoms with E-state index in [-0.39, 0.29) is 11.7 Å². The fraction of sp³-hybridized carbons (Fsp3) is 0.182. The molecule has 0 bridgehead atoms. The van der Waals surface area contributed by atoms with Crippen LogP contribution in [0, 0.1) is 5.82 Å². The van der Waals surface area contributed by atoms with Gasteiger partial charge in [-0.05, 0) is 60.9 Å². The van der Waals surface area contributed by atoms with Crippen LogP contribution in [0.5, 0.6) is 0 Å². The molecule has 0 saturated carbocycles. The van der Waals surface area contributed by atoms with Gasteiger partial charge in [-0.15, -0.1) is 0 Å². The first-order chi connectivity index (χ1) is 13.7. The van der Waals surface area contributed by atoms with Crippen molar-refractivity contribution in [1.29, 1.82) is 0 Å². The van der Waals surface area contributed by atoms with Crippen molar-refractivity contribution in [2.24, 2.45) is 5.10 Å². The summed E-state index contributed by atoms with van der Waals surface area (Å²) in [6.45, 7) is 1.78. The number of carbonyl (C=O) groups is 1. The first kappa shape index (κ1) is 18.0. The summed E-state index contributed by atoms with van der Waals surface area (Å²) in [5.41, 5.74) is 5.11. The molecule has 1 aliphatic rings. The zero-order valence-corrected chi connectivity index (χ0v) is 15.4. The summed E-state index contributed by atoms with van der Waals surface area (Å²) < 4.78 is 16.3. The maximum absolute atomic E-state index is 14.3. The smallest absolute Gasteiger partial charge is 0.271 e. The van der Waals surface area contributed by atoms with Crippen LogP contribution in [0.15, 0.2) is 72.1 Å². The summed E-state index contributed by atoms with van der Waals surface area (Å²) >= 11 is 0. The van der Waals surface area contributed by atoms with Crippen LogP contribution >= 0.6 is 0 Å². The molecule has 2 heterocycles. The van der Waals surface area contributed by atoms with Gasteiger partial charge in [-0.1, -0.05) is 12.1 Å². The highest BCUT2D eigenvalue weighted by molar-refractivity contribution is 5.95. The van der Waals surface area contributed by atoms with Gasteiger partial charge in [0.2, 0.25) is 0 Å². The Bertz CT molecular complexity index is 992. The Labute approximate surface area is 163 Å². The molecule has 142 valence electrons. The van der Waals surface area contributed by atoms with Crippen LogP contribution in [0.3, 0.4) is 0 Å². The first-order valence-electron chi connectivity index (χ1n) is 9.32. The topological polar surface area (TPSA) is 49.6 Å². The van der Waals surface area contributed by atoms with Crippen LogP contribution < -0.4 is 10.3 Å². The third-order valence-corrected chi connectivity index (χ3v) is 4.81. The molecule has 1 fully saturated rings. The number of hydrazone groups is 1. The van der Waals surface area contributed by atoms with Crippen molar-refractivity contribution < 1.29 is 9.18 Å². The number of carbonyl (C=O) groups excluding carboxylic acids is 1. The van der Waals surface area contributed by atoms with E-state index in [1.54, 1.807) is 24.3 Å². The minimum atomic E-state index is -0.320. The van der Waals surface area contributed by atoms with Gasteiger partial charge in [0.15, 0.2) is 0 Å². The standard InChI is InChI=1S/C22H21FN4O/c23-20-14-17(8-9-21(20)27-12-3-4-13-27)16-24-25-22(28)18-6-5-7-19(15-18)26-10-1-2-11-26/h1-2,5-11,14-16H,3-4,12-13H2,(H,25,28)/b24-16+. The van der Waals surface area contributed by atoms with Gasteiger partial charge in [-0.3, -0.25) is 4.79 Å². The minimum absolute atomic E-state index is 0.267. The lowest BCUT2D eigenvalue weighted by atomic mass is 10.2. The molecular formula is C22H21FN4O. The van der Waals surface area contributed by atoms with Crippen LogP contribution in [0.2, 0.25) is 0 Å². The zero-order chi connectivity index (χ0) is 19.3. The monoisotopic (exact) mass is 376 g/mol. The van der Waals surface area contributed by atoms with Crippen molar-refractivity contribution in [3.8, 4) is 5.69 Å². The SMILES string of the molecule is O=C(N/N=C/c1ccc(N2CCCC2)c(F)c1)c1cccc(-n2cccc2)c1. The van der Waals surface area contributed by atoms with E-state index in [0.29, 0.717) is 16.8 Å². The molecule has 28 heavy (non-hydrogen) atoms. The first-order valence-corrected chi connectivity index (χ1v) is 9.32. The highest BCUT2D eigenvalue weighted by atomic mass is 19.1. The van der Waals surface area contributed by atoms with Gasteiger partial charge in [0.25, 0.3) is 5.91 Å². The molecule has 1 amide bonds. The van der Waals surface area contributed by atoms with Gasteiger partial charge in [0, 0.05) is 36.7 Å². The normalized spacial score (nSPS) is 14.0. The van der Waals surface area contributed by atoms with E-state index < -0.39 is 0 Å². The molecule has 5 nitrogen and oxygen atoms in total. The average Bonchev–Trinajstić information content (AvgIpc) is 3.42. The maximum atomic E-state index is 14.3. The Morgan fingerprint density at radius 2 is 1.82 bits per heavy atom. The lowest BCUT2D eigenvalue weighted by Crippen LogP contribution is -2.19. The largest absolute Gasteiger partial charge is 0.369 e. The van der Waals surface area contributed by atoms with Crippen molar-refractivity contribution in [1.82, 2.24) is 9.99 Å². The molecule has 0 spiro atoms. The summed E-state index contributed by atoms with van der Waals surface area (Å²) in [7, 11) is 0. The van der Waals surface area contributed by atoms with Gasteiger partial charge in [0.1, 0.15) is 5.82 Å². The fourth-order valence-electron chi connectivity index (χ4n) is 3.36. The summed E-state index contributed by atoms with van der Waals surface area (Å²) in [5.74, 6) is -0.587. The quantitative estimate of drug-likeness (QED) is 0.541. The Balaban J connectivity index is 1.41. The lowest BCUT2D eigenvalue weighted by Gasteiger charge is -2.18. The Hall–Kier alpha value is -3.41. The molecule has 2 aromatic carbocycles. The Morgan fingerprint density at radius 1 is 1.04 bits per heavy atom. The molecule has 6 heteroatoms. The number of halogens is 1. The van der Waals surface area contributed by atoms with Crippen LogP contribution in [0.1, 0.15) is 28.8 Å². The molecule has 1 N–H and O–H groups in total. The van der Waals surface area contributed by atoms with Gasteiger partial charge in [-0.25, -0.2) is 9.82 Å². The number of amides is 1. The summed E-state index contributed by atoms with van der Waals surface area (Å²) in [6.07, 6.45) is 7.47. The Kier molecular flexibility index (Phi) is 5.19. The van der Waals surface area contributed by atoms with Crippen LogP contribution in [0.25, 0.3) is 5.69 Å². The predicted molar refractivity (Wildman–Crippen MR) is 109 cm³/mol. The summed E-state index contributed by atoms with van der Waals surface area (Å²) in [5, 5.41) is 3.97. The van der Waals surface area contributed by atoms with E-state index in [4.69, 9.17) is 0 Å². The van der Waals surface area contributed by atoms with Crippen molar-refractivity contribution >= 4 is 17.8 Å². The number of nitrogens with zero attached hydrogens (tertiary/aromatic N) is 3. The highest BCUT2D eigenvalue weighted by Gasteiger charge is 2.15. The molecule has 0 aliphatic carbocycles. The average molecular weight is 376 g/mol. The second-order valence-electron chi connectivity index (χ2n) is 6.74. The van der Waals surface area contributed by atoms with Crippen molar-refractivity contribution in [3.63, 3.8) is 0 Å². The molecule has 0 unspecified atom stereocenters. The minimum Gasteiger partial charge on any atom is -0.369 e. The van der Waals surface area contributed by atoms with Crippen LogP contribution in [-0.4, -0.2) is 29.8 Å². The second kappa shape index (κ2) is 8.08. The van der Waals surface area contributed by atoms with E-state index in [1.165, 1.54) is 12.3 Å². The van der Waals surface area contributed by atoms with Gasteiger partial charge in [0.05, 0.1) is 11.9 Å². The number of hydrogen-bond donors (Lipinski definition) is 1. The molecule has 1 aliphatic heterocycles. The maximum Gasteiger partial charge on any atom is 0.271 e. The molecule has 1 saturated heterocycles. The molecule has 1 aromatic heterocycles. The van der Waals surface area contributed by atoms with Gasteiger partial charge >= 0.3 is 0 Å². The van der Waals surface area contributed by atoms with Gasteiger partial charge < -0.3 is 9.47 Å². The number of anilines is 1. The predicted octanol–water partition coefficient (Wildman–Crippen LogP) is 3.98. The van der Waals surface area contributed by atoms with E-state index >= 15 is 0 Å². The van der Waals surface area contributed by atoms with E-state index in [9.17, 15) is 9.18 Å². The van der Waals surface area contributed by atoms with Crippen LogP contribution in [-0.2, 0) is 0 Å². The highest BCUT2D eigenvalue weighted by Crippen LogP contribution is 2.24. The third-order valence-electron chi connectivity index (χ3n) is 4.81. The van der Waals surface area contributed by atoms with Crippen LogP contribution in [0.4, 0.5) is 10.1 Å². The molecule has 0 atom stereocenters. The number of hydrogen-bond acceptors (Lipinski definition) is 3. The summed E-state index contributed by atoms with van der Waals surface area (Å²) in [6, 6.07) is 16.1.